The van der Waals surface area contributed by atoms with E-state index in [1.807, 2.05) is 17.5 Å². The molecule has 140 valence electrons. The molecule has 1 amide bonds. The van der Waals surface area contributed by atoms with E-state index in [1.165, 1.54) is 35.6 Å². The zero-order valence-corrected chi connectivity index (χ0v) is 14.8. The SMILES string of the molecule is O=C(Cc1cccc(C(F)(F)F)c1)N[C@H](c1ccc(F)cc1)c1cccs1. The molecule has 0 unspecified atom stereocenters. The maximum atomic E-state index is 13.2. The Hall–Kier alpha value is -2.67. The van der Waals surface area contributed by atoms with Gasteiger partial charge in [-0.1, -0.05) is 36.4 Å². The summed E-state index contributed by atoms with van der Waals surface area (Å²) >= 11 is 1.43. The van der Waals surface area contributed by atoms with Gasteiger partial charge in [0.25, 0.3) is 0 Å². The first-order valence-electron chi connectivity index (χ1n) is 8.07. The highest BCUT2D eigenvalue weighted by Gasteiger charge is 2.30. The van der Waals surface area contributed by atoms with Crippen LogP contribution in [0.15, 0.2) is 66.0 Å². The summed E-state index contributed by atoms with van der Waals surface area (Å²) in [6.45, 7) is 0. The fourth-order valence-corrected chi connectivity index (χ4v) is 3.49. The minimum atomic E-state index is -4.46. The van der Waals surface area contributed by atoms with Crippen LogP contribution in [0, 0.1) is 5.82 Å². The topological polar surface area (TPSA) is 29.1 Å². The summed E-state index contributed by atoms with van der Waals surface area (Å²) in [6.07, 6.45) is -4.65. The second kappa shape index (κ2) is 7.92. The zero-order valence-electron chi connectivity index (χ0n) is 14.0. The molecule has 0 saturated heterocycles. The van der Waals surface area contributed by atoms with Crippen LogP contribution in [0.1, 0.15) is 27.6 Å². The molecule has 1 heterocycles. The summed E-state index contributed by atoms with van der Waals surface area (Å²) in [5.74, 6) is -0.809. The number of nitrogens with one attached hydrogen (secondary N) is 1. The number of carbonyl (C=O) groups is 1. The first-order valence-corrected chi connectivity index (χ1v) is 8.95. The lowest BCUT2D eigenvalue weighted by Crippen LogP contribution is -2.30. The molecule has 2 nitrogen and oxygen atoms in total. The standard InChI is InChI=1S/C20H15F4NOS/c21-16-8-6-14(7-9-16)19(17-5-2-10-27-17)25-18(26)12-13-3-1-4-15(11-13)20(22,23)24/h1-11,19H,12H2,(H,25,26)/t19-/m1/s1. The minimum absolute atomic E-state index is 0.188. The van der Waals surface area contributed by atoms with E-state index in [9.17, 15) is 22.4 Å². The van der Waals surface area contributed by atoms with Crippen LogP contribution in [0.4, 0.5) is 17.6 Å². The first-order chi connectivity index (χ1) is 12.8. The lowest BCUT2D eigenvalue weighted by atomic mass is 10.0. The van der Waals surface area contributed by atoms with Crippen molar-refractivity contribution in [3.8, 4) is 0 Å². The molecular formula is C20H15F4NOS. The van der Waals surface area contributed by atoms with Gasteiger partial charge in [0, 0.05) is 4.88 Å². The maximum Gasteiger partial charge on any atom is 0.416 e. The van der Waals surface area contributed by atoms with Gasteiger partial charge in [-0.05, 0) is 40.8 Å². The average molecular weight is 393 g/mol. The van der Waals surface area contributed by atoms with Crippen molar-refractivity contribution in [2.45, 2.75) is 18.6 Å². The number of amides is 1. The van der Waals surface area contributed by atoms with E-state index in [-0.39, 0.29) is 17.8 Å². The van der Waals surface area contributed by atoms with Crippen molar-refractivity contribution in [3.05, 3.63) is 93.4 Å². The van der Waals surface area contributed by atoms with Crippen LogP contribution in [0.5, 0.6) is 0 Å². The fraction of sp³-hybridized carbons (Fsp3) is 0.150. The fourth-order valence-electron chi connectivity index (χ4n) is 2.68. The van der Waals surface area contributed by atoms with Gasteiger partial charge < -0.3 is 5.32 Å². The van der Waals surface area contributed by atoms with Crippen molar-refractivity contribution >= 4 is 17.2 Å². The highest BCUT2D eigenvalue weighted by Crippen LogP contribution is 2.30. The quantitative estimate of drug-likeness (QED) is 0.582. The summed E-state index contributed by atoms with van der Waals surface area (Å²) in [6, 6.07) is 13.6. The van der Waals surface area contributed by atoms with Crippen molar-refractivity contribution in [1.29, 1.82) is 0 Å². The van der Waals surface area contributed by atoms with Gasteiger partial charge in [0.1, 0.15) is 5.82 Å². The summed E-state index contributed by atoms with van der Waals surface area (Å²) in [7, 11) is 0. The third-order valence-corrected chi connectivity index (χ3v) is 4.89. The molecule has 7 heteroatoms. The minimum Gasteiger partial charge on any atom is -0.344 e. The molecular weight excluding hydrogens is 378 g/mol. The predicted octanol–water partition coefficient (Wildman–Crippen LogP) is 5.35. The van der Waals surface area contributed by atoms with Gasteiger partial charge in [-0.2, -0.15) is 13.2 Å². The molecule has 27 heavy (non-hydrogen) atoms. The molecule has 3 aromatic rings. The Morgan fingerprint density at radius 3 is 2.41 bits per heavy atom. The summed E-state index contributed by atoms with van der Waals surface area (Å²) < 4.78 is 51.7. The van der Waals surface area contributed by atoms with Gasteiger partial charge >= 0.3 is 6.18 Å². The van der Waals surface area contributed by atoms with E-state index < -0.39 is 23.7 Å². The first kappa shape index (κ1) is 19.1. The van der Waals surface area contributed by atoms with E-state index in [2.05, 4.69) is 5.32 Å². The Bertz CT molecular complexity index is 904. The Kier molecular flexibility index (Phi) is 5.60. The van der Waals surface area contributed by atoms with Crippen LogP contribution in [0.2, 0.25) is 0 Å². The third kappa shape index (κ3) is 4.95. The van der Waals surface area contributed by atoms with E-state index in [0.29, 0.717) is 5.56 Å². The van der Waals surface area contributed by atoms with Gasteiger partial charge in [0.05, 0.1) is 18.0 Å². The number of alkyl halides is 3. The van der Waals surface area contributed by atoms with E-state index >= 15 is 0 Å². The largest absolute Gasteiger partial charge is 0.416 e. The molecule has 0 fully saturated rings. The molecule has 3 rings (SSSR count). The number of halogens is 4. The number of carbonyl (C=O) groups excluding carboxylic acids is 1. The Labute approximate surface area is 157 Å². The lowest BCUT2D eigenvalue weighted by Gasteiger charge is -2.18. The van der Waals surface area contributed by atoms with Crippen molar-refractivity contribution in [2.24, 2.45) is 0 Å². The van der Waals surface area contributed by atoms with Crippen LogP contribution in [-0.2, 0) is 17.4 Å². The van der Waals surface area contributed by atoms with Crippen LogP contribution >= 0.6 is 11.3 Å². The van der Waals surface area contributed by atoms with Gasteiger partial charge in [-0.3, -0.25) is 4.79 Å². The van der Waals surface area contributed by atoms with Crippen LogP contribution in [0.3, 0.4) is 0 Å². The average Bonchev–Trinajstić information content (AvgIpc) is 3.14. The molecule has 0 saturated carbocycles. The Morgan fingerprint density at radius 2 is 1.78 bits per heavy atom. The molecule has 0 aliphatic heterocycles. The van der Waals surface area contributed by atoms with Crippen LogP contribution < -0.4 is 5.32 Å². The molecule has 0 spiro atoms. The second-order valence-corrected chi connectivity index (χ2v) is 6.92. The van der Waals surface area contributed by atoms with Gasteiger partial charge in [0.2, 0.25) is 5.91 Å². The third-order valence-electron chi connectivity index (χ3n) is 3.96. The second-order valence-electron chi connectivity index (χ2n) is 5.94. The number of thiophene rings is 1. The smallest absolute Gasteiger partial charge is 0.344 e. The van der Waals surface area contributed by atoms with Crippen molar-refractivity contribution in [3.63, 3.8) is 0 Å². The van der Waals surface area contributed by atoms with Gasteiger partial charge in [-0.25, -0.2) is 4.39 Å². The van der Waals surface area contributed by atoms with Crippen LogP contribution in [0.25, 0.3) is 0 Å². The van der Waals surface area contributed by atoms with E-state index in [0.717, 1.165) is 17.0 Å². The zero-order chi connectivity index (χ0) is 19.4. The molecule has 2 aromatic carbocycles. The monoisotopic (exact) mass is 393 g/mol. The number of rotatable bonds is 5. The molecule has 1 atom stereocenters. The Balaban J connectivity index is 1.78. The highest BCUT2D eigenvalue weighted by molar-refractivity contribution is 7.10. The van der Waals surface area contributed by atoms with Crippen LogP contribution in [-0.4, -0.2) is 5.91 Å². The van der Waals surface area contributed by atoms with E-state index in [4.69, 9.17) is 0 Å². The normalized spacial score (nSPS) is 12.6. The summed E-state index contributed by atoms with van der Waals surface area (Å²) in [5.41, 5.74) is 0.170. The van der Waals surface area contributed by atoms with Gasteiger partial charge in [-0.15, -0.1) is 11.3 Å². The van der Waals surface area contributed by atoms with Crippen molar-refractivity contribution < 1.29 is 22.4 Å². The lowest BCUT2D eigenvalue weighted by molar-refractivity contribution is -0.137. The molecule has 0 bridgehead atoms. The molecule has 0 aliphatic carbocycles. The molecule has 0 radical (unpaired) electrons. The predicted molar refractivity (Wildman–Crippen MR) is 95.9 cm³/mol. The van der Waals surface area contributed by atoms with Gasteiger partial charge in [0.15, 0.2) is 0 Å². The molecule has 1 N–H and O–H groups in total. The molecule has 0 aliphatic rings. The van der Waals surface area contributed by atoms with Crippen molar-refractivity contribution in [2.75, 3.05) is 0 Å². The number of hydrogen-bond acceptors (Lipinski definition) is 2. The Morgan fingerprint density at radius 1 is 1.04 bits per heavy atom. The van der Waals surface area contributed by atoms with Crippen molar-refractivity contribution in [1.82, 2.24) is 5.32 Å². The van der Waals surface area contributed by atoms with E-state index in [1.54, 1.807) is 12.1 Å². The number of hydrogen-bond donors (Lipinski definition) is 1. The summed E-state index contributed by atoms with van der Waals surface area (Å²) in [4.78, 5) is 13.3. The highest BCUT2D eigenvalue weighted by atomic mass is 32.1. The molecule has 1 aromatic heterocycles. The summed E-state index contributed by atoms with van der Waals surface area (Å²) in [5, 5.41) is 4.68. The maximum absolute atomic E-state index is 13.2. The number of benzene rings is 2.